The third kappa shape index (κ3) is 3.63. The second-order valence-corrected chi connectivity index (χ2v) is 7.86. The van der Waals surface area contributed by atoms with E-state index in [-0.39, 0.29) is 24.4 Å². The van der Waals surface area contributed by atoms with Crippen LogP contribution in [0, 0.1) is 0 Å². The molecule has 1 aromatic rings. The molecule has 1 unspecified atom stereocenters. The van der Waals surface area contributed by atoms with Gasteiger partial charge in [0.25, 0.3) is 0 Å². The molecule has 0 saturated carbocycles. The van der Waals surface area contributed by atoms with E-state index in [0.717, 1.165) is 37.9 Å². The van der Waals surface area contributed by atoms with Crippen LogP contribution in [0.1, 0.15) is 46.1 Å². The molecule has 2 fully saturated rings. The predicted octanol–water partition coefficient (Wildman–Crippen LogP) is 1.94. The Morgan fingerprint density at radius 2 is 1.74 bits per heavy atom. The summed E-state index contributed by atoms with van der Waals surface area (Å²) in [5, 5.41) is 9.77. The van der Waals surface area contributed by atoms with Crippen molar-refractivity contribution in [2.45, 2.75) is 64.4 Å². The predicted molar refractivity (Wildman–Crippen MR) is 92.7 cm³/mol. The molecule has 1 aromatic carbocycles. The van der Waals surface area contributed by atoms with E-state index >= 15 is 0 Å². The Bertz CT molecular complexity index is 528. The van der Waals surface area contributed by atoms with Crippen molar-refractivity contribution in [2.75, 3.05) is 13.1 Å². The van der Waals surface area contributed by atoms with Crippen molar-refractivity contribution in [2.24, 2.45) is 0 Å². The average molecular weight is 317 g/mol. The first-order valence-corrected chi connectivity index (χ1v) is 8.62. The second kappa shape index (κ2) is 6.21. The molecule has 0 bridgehead atoms. The first-order chi connectivity index (χ1) is 10.8. The molecule has 2 heterocycles. The summed E-state index contributed by atoms with van der Waals surface area (Å²) in [4.78, 5) is 2.32. The van der Waals surface area contributed by atoms with Gasteiger partial charge >= 0.3 is 7.12 Å². The van der Waals surface area contributed by atoms with Gasteiger partial charge in [0.1, 0.15) is 0 Å². The minimum absolute atomic E-state index is 0.173. The molecular formula is C18H28BNO3. The van der Waals surface area contributed by atoms with E-state index in [9.17, 15) is 5.11 Å². The van der Waals surface area contributed by atoms with Crippen molar-refractivity contribution >= 4 is 12.6 Å². The Balaban J connectivity index is 1.64. The number of aliphatic hydroxyl groups is 1. The molecule has 0 aliphatic carbocycles. The zero-order chi connectivity index (χ0) is 16.7. The van der Waals surface area contributed by atoms with E-state index < -0.39 is 0 Å². The quantitative estimate of drug-likeness (QED) is 0.865. The van der Waals surface area contributed by atoms with Gasteiger partial charge in [-0.25, -0.2) is 0 Å². The fraction of sp³-hybridized carbons (Fsp3) is 0.667. The summed E-state index contributed by atoms with van der Waals surface area (Å²) in [6.45, 7) is 11.0. The van der Waals surface area contributed by atoms with Gasteiger partial charge in [-0.1, -0.05) is 24.3 Å². The molecule has 1 N–H and O–H groups in total. The molecule has 2 aliphatic heterocycles. The van der Waals surface area contributed by atoms with Crippen molar-refractivity contribution in [3.63, 3.8) is 0 Å². The van der Waals surface area contributed by atoms with Gasteiger partial charge in [0, 0.05) is 13.1 Å². The van der Waals surface area contributed by atoms with Gasteiger partial charge < -0.3 is 14.4 Å². The highest BCUT2D eigenvalue weighted by atomic mass is 16.7. The monoisotopic (exact) mass is 317 g/mol. The van der Waals surface area contributed by atoms with E-state index in [0.29, 0.717) is 0 Å². The van der Waals surface area contributed by atoms with Crippen LogP contribution in [0.3, 0.4) is 0 Å². The molecule has 0 amide bonds. The van der Waals surface area contributed by atoms with Gasteiger partial charge in [-0.15, -0.1) is 0 Å². The van der Waals surface area contributed by atoms with Gasteiger partial charge in [0.2, 0.25) is 0 Å². The van der Waals surface area contributed by atoms with Gasteiger partial charge in [0.05, 0.1) is 17.3 Å². The van der Waals surface area contributed by atoms with Crippen LogP contribution in [0.2, 0.25) is 0 Å². The summed E-state index contributed by atoms with van der Waals surface area (Å²) in [6, 6.07) is 8.47. The highest BCUT2D eigenvalue weighted by molar-refractivity contribution is 6.62. The van der Waals surface area contributed by atoms with Gasteiger partial charge in [0.15, 0.2) is 0 Å². The van der Waals surface area contributed by atoms with E-state index in [4.69, 9.17) is 9.31 Å². The topological polar surface area (TPSA) is 41.9 Å². The van der Waals surface area contributed by atoms with Gasteiger partial charge in [-0.2, -0.15) is 0 Å². The van der Waals surface area contributed by atoms with Crippen LogP contribution < -0.4 is 5.46 Å². The lowest BCUT2D eigenvalue weighted by Gasteiger charge is -2.32. The number of aliphatic hydroxyl groups excluding tert-OH is 1. The van der Waals surface area contributed by atoms with E-state index in [1.54, 1.807) is 0 Å². The number of hydrogen-bond acceptors (Lipinski definition) is 4. The van der Waals surface area contributed by atoms with Crippen molar-refractivity contribution in [3.05, 3.63) is 29.8 Å². The number of nitrogens with zero attached hydrogens (tertiary/aromatic N) is 1. The van der Waals surface area contributed by atoms with Crippen LogP contribution in [-0.2, 0) is 15.9 Å². The number of rotatable bonds is 3. The lowest BCUT2D eigenvalue weighted by molar-refractivity contribution is 0.00578. The first kappa shape index (κ1) is 17.0. The summed E-state index contributed by atoms with van der Waals surface area (Å²) < 4.78 is 12.2. The molecule has 126 valence electrons. The normalized spacial score (nSPS) is 27.3. The van der Waals surface area contributed by atoms with Crippen molar-refractivity contribution in [1.29, 1.82) is 0 Å². The highest BCUT2D eigenvalue weighted by Gasteiger charge is 2.51. The summed E-state index contributed by atoms with van der Waals surface area (Å²) in [7, 11) is -0.300. The standard InChI is InChI=1S/C18H28BNO3/c1-17(2)18(3,4)23-19(22-17)15-9-7-14(8-10-15)12-20-11-5-6-16(21)13-20/h7-10,16,21H,5-6,11-13H2,1-4H3. The Kier molecular flexibility index (Phi) is 4.58. The number of β-amino-alcohol motifs (C(OH)–C–C–N with tert-alkyl or cyclic N) is 1. The lowest BCUT2D eigenvalue weighted by atomic mass is 9.79. The maximum absolute atomic E-state index is 9.77. The second-order valence-electron chi connectivity index (χ2n) is 7.86. The van der Waals surface area contributed by atoms with Crippen LogP contribution in [-0.4, -0.2) is 47.5 Å². The Hall–Kier alpha value is -0.875. The summed E-state index contributed by atoms with van der Waals surface area (Å²) in [5.74, 6) is 0. The van der Waals surface area contributed by atoms with Crippen LogP contribution >= 0.6 is 0 Å². The number of benzene rings is 1. The van der Waals surface area contributed by atoms with Gasteiger partial charge in [-0.3, -0.25) is 4.90 Å². The molecule has 1 atom stereocenters. The minimum atomic E-state index is -0.305. The molecule has 2 saturated heterocycles. The highest BCUT2D eigenvalue weighted by Crippen LogP contribution is 2.36. The first-order valence-electron chi connectivity index (χ1n) is 8.62. The maximum Gasteiger partial charge on any atom is 0.494 e. The third-order valence-electron chi connectivity index (χ3n) is 5.39. The molecule has 0 spiro atoms. The van der Waals surface area contributed by atoms with Crippen molar-refractivity contribution in [3.8, 4) is 0 Å². The Morgan fingerprint density at radius 3 is 2.30 bits per heavy atom. The van der Waals surface area contributed by atoms with E-state index in [1.165, 1.54) is 5.56 Å². The Morgan fingerprint density at radius 1 is 1.13 bits per heavy atom. The lowest BCUT2D eigenvalue weighted by Crippen LogP contribution is -2.41. The van der Waals surface area contributed by atoms with Crippen molar-refractivity contribution < 1.29 is 14.4 Å². The van der Waals surface area contributed by atoms with Crippen LogP contribution in [0.5, 0.6) is 0 Å². The van der Waals surface area contributed by atoms with Gasteiger partial charge in [-0.05, 0) is 58.1 Å². The summed E-state index contributed by atoms with van der Waals surface area (Å²) in [6.07, 6.45) is 1.83. The van der Waals surface area contributed by atoms with Crippen LogP contribution in [0.4, 0.5) is 0 Å². The zero-order valence-electron chi connectivity index (χ0n) is 14.7. The molecule has 5 heteroatoms. The average Bonchev–Trinajstić information content (AvgIpc) is 2.68. The number of piperidine rings is 1. The molecule has 0 radical (unpaired) electrons. The zero-order valence-corrected chi connectivity index (χ0v) is 14.7. The molecule has 4 nitrogen and oxygen atoms in total. The maximum atomic E-state index is 9.77. The molecule has 3 rings (SSSR count). The van der Waals surface area contributed by atoms with Crippen LogP contribution in [0.25, 0.3) is 0 Å². The molecule has 2 aliphatic rings. The number of hydrogen-bond donors (Lipinski definition) is 1. The largest absolute Gasteiger partial charge is 0.494 e. The summed E-state index contributed by atoms with van der Waals surface area (Å²) >= 11 is 0. The summed E-state index contributed by atoms with van der Waals surface area (Å²) in [5.41, 5.74) is 1.71. The van der Waals surface area contributed by atoms with E-state index in [1.807, 2.05) is 0 Å². The van der Waals surface area contributed by atoms with Crippen molar-refractivity contribution in [1.82, 2.24) is 4.90 Å². The molecule has 0 aromatic heterocycles. The SMILES string of the molecule is CC1(C)OB(c2ccc(CN3CCCC(O)C3)cc2)OC1(C)C. The van der Waals surface area contributed by atoms with E-state index in [2.05, 4.69) is 56.9 Å². The number of likely N-dealkylation sites (tertiary alicyclic amines) is 1. The fourth-order valence-corrected chi connectivity index (χ4v) is 3.19. The fourth-order valence-electron chi connectivity index (χ4n) is 3.19. The third-order valence-corrected chi connectivity index (χ3v) is 5.39. The molecule has 23 heavy (non-hydrogen) atoms. The smallest absolute Gasteiger partial charge is 0.399 e. The Labute approximate surface area is 139 Å². The minimum Gasteiger partial charge on any atom is -0.399 e. The molecular weight excluding hydrogens is 289 g/mol. The van der Waals surface area contributed by atoms with Crippen LogP contribution in [0.15, 0.2) is 24.3 Å².